The first kappa shape index (κ1) is 19.0. The fourth-order valence-electron chi connectivity index (χ4n) is 2.72. The molecule has 0 aliphatic rings. The van der Waals surface area contributed by atoms with E-state index in [0.717, 1.165) is 5.56 Å². The van der Waals surface area contributed by atoms with Gasteiger partial charge in [-0.2, -0.15) is 0 Å². The number of rotatable bonds is 6. The summed E-state index contributed by atoms with van der Waals surface area (Å²) >= 11 is 0. The number of ether oxygens (including phenoxy) is 1. The molecule has 3 aromatic rings. The number of hydrogen-bond donors (Lipinski definition) is 0. The summed E-state index contributed by atoms with van der Waals surface area (Å²) in [5.41, 5.74) is 1.33. The Hall–Kier alpha value is -3.74. The van der Waals surface area contributed by atoms with Crippen LogP contribution in [0, 0.1) is 15.9 Å². The smallest absolute Gasteiger partial charge is 0.270 e. The number of methoxy groups -OCH3 is 1. The zero-order valence-electron chi connectivity index (χ0n) is 15.0. The number of anilines is 1. The molecule has 0 saturated carbocycles. The number of benzene rings is 3. The van der Waals surface area contributed by atoms with Gasteiger partial charge in [0.05, 0.1) is 18.6 Å². The Bertz CT molecular complexity index is 988. The molecule has 0 radical (unpaired) electrons. The van der Waals surface area contributed by atoms with Crippen LogP contribution in [-0.4, -0.2) is 17.9 Å². The van der Waals surface area contributed by atoms with E-state index < -0.39 is 10.8 Å². The van der Waals surface area contributed by atoms with Crippen molar-refractivity contribution in [1.29, 1.82) is 0 Å². The van der Waals surface area contributed by atoms with Crippen molar-refractivity contribution < 1.29 is 18.8 Å². The average Bonchev–Trinajstić information content (AvgIpc) is 2.73. The van der Waals surface area contributed by atoms with Gasteiger partial charge in [0.2, 0.25) is 0 Å². The Morgan fingerprint density at radius 3 is 2.36 bits per heavy atom. The van der Waals surface area contributed by atoms with E-state index >= 15 is 0 Å². The summed E-state index contributed by atoms with van der Waals surface area (Å²) in [6.07, 6.45) is 0. The van der Waals surface area contributed by atoms with Crippen molar-refractivity contribution in [1.82, 2.24) is 0 Å². The highest BCUT2D eigenvalue weighted by Gasteiger charge is 2.20. The molecule has 0 aromatic heterocycles. The van der Waals surface area contributed by atoms with Crippen molar-refractivity contribution in [3.05, 3.63) is 99.9 Å². The van der Waals surface area contributed by atoms with Gasteiger partial charge in [0.25, 0.3) is 11.6 Å². The van der Waals surface area contributed by atoms with E-state index in [1.807, 2.05) is 0 Å². The minimum absolute atomic E-state index is 0.165. The maximum absolute atomic E-state index is 13.2. The highest BCUT2D eigenvalue weighted by molar-refractivity contribution is 6.06. The topological polar surface area (TPSA) is 72.7 Å². The highest BCUT2D eigenvalue weighted by atomic mass is 19.1. The second-order valence-corrected chi connectivity index (χ2v) is 6.02. The monoisotopic (exact) mass is 380 g/mol. The average molecular weight is 380 g/mol. The van der Waals surface area contributed by atoms with Gasteiger partial charge in [0.15, 0.2) is 0 Å². The predicted molar refractivity (Wildman–Crippen MR) is 103 cm³/mol. The highest BCUT2D eigenvalue weighted by Crippen LogP contribution is 2.24. The molecular weight excluding hydrogens is 363 g/mol. The number of nitro benzene ring substituents is 1. The molecule has 3 aromatic carbocycles. The van der Waals surface area contributed by atoms with E-state index in [1.54, 1.807) is 43.5 Å². The third kappa shape index (κ3) is 4.32. The van der Waals surface area contributed by atoms with Crippen LogP contribution in [0.2, 0.25) is 0 Å². The number of amides is 1. The molecule has 6 nitrogen and oxygen atoms in total. The Kier molecular flexibility index (Phi) is 5.64. The Morgan fingerprint density at radius 1 is 1.07 bits per heavy atom. The van der Waals surface area contributed by atoms with Gasteiger partial charge >= 0.3 is 0 Å². The van der Waals surface area contributed by atoms with E-state index in [1.165, 1.54) is 41.3 Å². The standard InChI is InChI=1S/C21H17FN2O4/c1-28-20-11-9-18(10-12-20)23(14-15-5-7-17(22)8-6-15)21(25)16-3-2-4-19(13-16)24(26)27/h2-13H,14H2,1H3. The molecule has 0 atom stereocenters. The van der Waals surface area contributed by atoms with Gasteiger partial charge in [-0.25, -0.2) is 4.39 Å². The van der Waals surface area contributed by atoms with Crippen molar-refractivity contribution in [3.8, 4) is 5.75 Å². The number of non-ortho nitro benzene ring substituents is 1. The Morgan fingerprint density at radius 2 is 1.75 bits per heavy atom. The third-order valence-corrected chi connectivity index (χ3v) is 4.19. The van der Waals surface area contributed by atoms with Crippen LogP contribution < -0.4 is 9.64 Å². The first-order valence-electron chi connectivity index (χ1n) is 8.43. The summed E-state index contributed by atoms with van der Waals surface area (Å²) in [6, 6.07) is 18.2. The molecule has 28 heavy (non-hydrogen) atoms. The summed E-state index contributed by atoms with van der Waals surface area (Å²) in [5.74, 6) is -0.142. The van der Waals surface area contributed by atoms with Crippen molar-refractivity contribution >= 4 is 17.3 Å². The third-order valence-electron chi connectivity index (χ3n) is 4.19. The fourth-order valence-corrected chi connectivity index (χ4v) is 2.72. The maximum Gasteiger partial charge on any atom is 0.270 e. The summed E-state index contributed by atoms with van der Waals surface area (Å²) in [5, 5.41) is 11.0. The predicted octanol–water partition coefficient (Wildman–Crippen LogP) is 4.59. The molecule has 142 valence electrons. The van der Waals surface area contributed by atoms with Gasteiger partial charge in [-0.3, -0.25) is 14.9 Å². The van der Waals surface area contributed by atoms with E-state index in [-0.39, 0.29) is 23.6 Å². The van der Waals surface area contributed by atoms with Crippen LogP contribution in [0.3, 0.4) is 0 Å². The molecule has 0 fully saturated rings. The lowest BCUT2D eigenvalue weighted by molar-refractivity contribution is -0.384. The summed E-state index contributed by atoms with van der Waals surface area (Å²) in [6.45, 7) is 0.175. The van der Waals surface area contributed by atoms with Crippen molar-refractivity contribution in [2.45, 2.75) is 6.54 Å². The van der Waals surface area contributed by atoms with Gasteiger partial charge < -0.3 is 9.64 Å². The summed E-state index contributed by atoms with van der Waals surface area (Å²) in [4.78, 5) is 25.1. The molecule has 0 saturated heterocycles. The van der Waals surface area contributed by atoms with Gasteiger partial charge in [-0.15, -0.1) is 0 Å². The van der Waals surface area contributed by atoms with E-state index in [4.69, 9.17) is 4.74 Å². The lowest BCUT2D eigenvalue weighted by Crippen LogP contribution is -2.30. The SMILES string of the molecule is COc1ccc(N(Cc2ccc(F)cc2)C(=O)c2cccc([N+](=O)[O-])c2)cc1. The lowest BCUT2D eigenvalue weighted by atomic mass is 10.1. The fraction of sp³-hybridized carbons (Fsp3) is 0.0952. The van der Waals surface area contributed by atoms with Crippen LogP contribution in [-0.2, 0) is 6.54 Å². The lowest BCUT2D eigenvalue weighted by Gasteiger charge is -2.23. The van der Waals surface area contributed by atoms with Crippen LogP contribution >= 0.6 is 0 Å². The summed E-state index contributed by atoms with van der Waals surface area (Å²) in [7, 11) is 1.54. The van der Waals surface area contributed by atoms with Crippen LogP contribution in [0.5, 0.6) is 5.75 Å². The van der Waals surface area contributed by atoms with Crippen LogP contribution in [0.15, 0.2) is 72.8 Å². The van der Waals surface area contributed by atoms with Crippen LogP contribution in [0.1, 0.15) is 15.9 Å². The number of nitro groups is 1. The molecule has 3 rings (SSSR count). The molecule has 7 heteroatoms. The first-order valence-corrected chi connectivity index (χ1v) is 8.43. The van der Waals surface area contributed by atoms with Crippen LogP contribution in [0.25, 0.3) is 0 Å². The second kappa shape index (κ2) is 8.30. The molecule has 0 spiro atoms. The molecule has 0 bridgehead atoms. The Balaban J connectivity index is 1.98. The maximum atomic E-state index is 13.2. The number of halogens is 1. The molecule has 0 heterocycles. The number of carbonyl (C=O) groups is 1. The number of hydrogen-bond acceptors (Lipinski definition) is 4. The van der Waals surface area contributed by atoms with E-state index in [2.05, 4.69) is 0 Å². The largest absolute Gasteiger partial charge is 0.497 e. The van der Waals surface area contributed by atoms with Gasteiger partial charge in [-0.1, -0.05) is 18.2 Å². The van der Waals surface area contributed by atoms with Gasteiger partial charge in [0.1, 0.15) is 11.6 Å². The molecule has 0 unspecified atom stereocenters. The van der Waals surface area contributed by atoms with E-state index in [9.17, 15) is 19.3 Å². The normalized spacial score (nSPS) is 10.4. The Labute approximate surface area is 160 Å². The zero-order valence-corrected chi connectivity index (χ0v) is 15.0. The minimum atomic E-state index is -0.547. The number of nitrogens with zero attached hydrogens (tertiary/aromatic N) is 2. The van der Waals surface area contributed by atoms with Crippen LogP contribution in [0.4, 0.5) is 15.8 Å². The quantitative estimate of drug-likeness (QED) is 0.463. The van der Waals surface area contributed by atoms with E-state index in [0.29, 0.717) is 11.4 Å². The van der Waals surface area contributed by atoms with Gasteiger partial charge in [-0.05, 0) is 48.0 Å². The molecule has 0 aliphatic carbocycles. The molecule has 0 aliphatic heterocycles. The minimum Gasteiger partial charge on any atom is -0.497 e. The summed E-state index contributed by atoms with van der Waals surface area (Å²) < 4.78 is 18.4. The molecule has 0 N–H and O–H groups in total. The number of carbonyl (C=O) groups excluding carboxylic acids is 1. The molecular formula is C21H17FN2O4. The van der Waals surface area contributed by atoms with Crippen molar-refractivity contribution in [2.75, 3.05) is 12.0 Å². The van der Waals surface area contributed by atoms with Gasteiger partial charge in [0, 0.05) is 23.4 Å². The van der Waals surface area contributed by atoms with Crippen molar-refractivity contribution in [3.63, 3.8) is 0 Å². The first-order chi connectivity index (χ1) is 13.5. The molecule has 1 amide bonds. The second-order valence-electron chi connectivity index (χ2n) is 6.02. The zero-order chi connectivity index (χ0) is 20.1. The van der Waals surface area contributed by atoms with Crippen molar-refractivity contribution in [2.24, 2.45) is 0 Å².